The van der Waals surface area contributed by atoms with Crippen LogP contribution in [0.25, 0.3) is 6.08 Å². The van der Waals surface area contributed by atoms with Crippen LogP contribution in [0.3, 0.4) is 0 Å². The van der Waals surface area contributed by atoms with Crippen LogP contribution in [0, 0.1) is 6.92 Å². The highest BCUT2D eigenvalue weighted by atomic mass is 79.9. The lowest BCUT2D eigenvalue weighted by molar-refractivity contribution is -0.129. The second kappa shape index (κ2) is 7.78. The smallest absolute Gasteiger partial charge is 0.246 e. The molecule has 2 aromatic rings. The maximum Gasteiger partial charge on any atom is 0.246 e. The number of carbonyl (C=O) groups is 2. The molecule has 1 N–H and O–H groups in total. The third-order valence-corrected chi connectivity index (χ3v) is 3.65. The van der Waals surface area contributed by atoms with Gasteiger partial charge in [-0.2, -0.15) is 0 Å². The molecule has 0 saturated carbocycles. The number of hydrogen-bond donors (Lipinski definition) is 1. The van der Waals surface area contributed by atoms with Crippen molar-refractivity contribution in [2.45, 2.75) is 6.92 Å². The van der Waals surface area contributed by atoms with Crippen LogP contribution in [0.5, 0.6) is 0 Å². The summed E-state index contributed by atoms with van der Waals surface area (Å²) in [6, 6.07) is 9.06. The van der Waals surface area contributed by atoms with Gasteiger partial charge in [0.05, 0.1) is 12.8 Å². The van der Waals surface area contributed by atoms with Gasteiger partial charge < -0.3 is 14.6 Å². The van der Waals surface area contributed by atoms with Gasteiger partial charge in [-0.25, -0.2) is 0 Å². The Balaban J connectivity index is 1.90. The average Bonchev–Trinajstić information content (AvgIpc) is 3.01. The van der Waals surface area contributed by atoms with E-state index in [4.69, 9.17) is 4.42 Å². The predicted octanol–water partition coefficient (Wildman–Crippen LogP) is 3.46. The van der Waals surface area contributed by atoms with Crippen LogP contribution in [0.1, 0.15) is 11.3 Å². The molecule has 0 aliphatic heterocycles. The summed E-state index contributed by atoms with van der Waals surface area (Å²) in [5.74, 6) is 0.0587. The quantitative estimate of drug-likeness (QED) is 0.812. The molecule has 0 saturated heterocycles. The van der Waals surface area contributed by atoms with Crippen LogP contribution in [-0.4, -0.2) is 30.3 Å². The van der Waals surface area contributed by atoms with Gasteiger partial charge in [-0.3, -0.25) is 9.59 Å². The molecular weight excluding hydrogens is 360 g/mol. The van der Waals surface area contributed by atoms with E-state index in [0.29, 0.717) is 5.76 Å². The molecule has 0 spiro atoms. The number of likely N-dealkylation sites (N-methyl/N-ethyl adjacent to an activating group) is 1. The topological polar surface area (TPSA) is 62.6 Å². The highest BCUT2D eigenvalue weighted by Crippen LogP contribution is 2.19. The van der Waals surface area contributed by atoms with E-state index in [1.54, 1.807) is 25.3 Å². The zero-order chi connectivity index (χ0) is 16.8. The summed E-state index contributed by atoms with van der Waals surface area (Å²) < 4.78 is 6.05. The van der Waals surface area contributed by atoms with Crippen molar-refractivity contribution in [3.63, 3.8) is 0 Å². The highest BCUT2D eigenvalue weighted by molar-refractivity contribution is 9.10. The summed E-state index contributed by atoms with van der Waals surface area (Å²) in [6.45, 7) is 1.87. The Hall–Kier alpha value is -2.34. The van der Waals surface area contributed by atoms with Crippen molar-refractivity contribution in [1.82, 2.24) is 4.90 Å². The van der Waals surface area contributed by atoms with Gasteiger partial charge in [-0.1, -0.05) is 15.9 Å². The average molecular weight is 377 g/mol. The van der Waals surface area contributed by atoms with Gasteiger partial charge in [0.2, 0.25) is 11.8 Å². The van der Waals surface area contributed by atoms with Crippen molar-refractivity contribution in [2.75, 3.05) is 18.9 Å². The van der Waals surface area contributed by atoms with Crippen molar-refractivity contribution >= 4 is 39.5 Å². The van der Waals surface area contributed by atoms with E-state index in [2.05, 4.69) is 21.2 Å². The van der Waals surface area contributed by atoms with E-state index in [1.807, 2.05) is 25.1 Å². The van der Waals surface area contributed by atoms with E-state index in [1.165, 1.54) is 17.2 Å². The Bertz CT molecular complexity index is 723. The molecule has 0 aliphatic carbocycles. The lowest BCUT2D eigenvalue weighted by Crippen LogP contribution is -2.34. The van der Waals surface area contributed by atoms with E-state index in [-0.39, 0.29) is 18.4 Å². The molecule has 0 atom stereocenters. The number of furan rings is 1. The van der Waals surface area contributed by atoms with Crippen LogP contribution < -0.4 is 5.32 Å². The summed E-state index contributed by atoms with van der Waals surface area (Å²) in [4.78, 5) is 25.3. The van der Waals surface area contributed by atoms with Gasteiger partial charge in [0.15, 0.2) is 0 Å². The van der Waals surface area contributed by atoms with Crippen molar-refractivity contribution in [3.05, 3.63) is 58.5 Å². The Labute approximate surface area is 143 Å². The van der Waals surface area contributed by atoms with Gasteiger partial charge >= 0.3 is 0 Å². The molecule has 0 radical (unpaired) electrons. The van der Waals surface area contributed by atoms with E-state index in [9.17, 15) is 9.59 Å². The molecular formula is C17H17BrN2O3. The minimum Gasteiger partial charge on any atom is -0.465 e. The molecule has 6 heteroatoms. The van der Waals surface area contributed by atoms with E-state index < -0.39 is 0 Å². The number of benzene rings is 1. The van der Waals surface area contributed by atoms with Crippen molar-refractivity contribution in [2.24, 2.45) is 0 Å². The SMILES string of the molecule is Cc1cc(Br)ccc1NC(=O)CN(C)C(=O)C=Cc1ccco1. The number of nitrogens with one attached hydrogen (secondary N) is 1. The summed E-state index contributed by atoms with van der Waals surface area (Å²) in [7, 11) is 1.57. The van der Waals surface area contributed by atoms with Crippen LogP contribution in [-0.2, 0) is 9.59 Å². The molecule has 1 heterocycles. The largest absolute Gasteiger partial charge is 0.465 e. The number of nitrogens with zero attached hydrogens (tertiary/aromatic N) is 1. The fraction of sp³-hybridized carbons (Fsp3) is 0.176. The van der Waals surface area contributed by atoms with Crippen LogP contribution in [0.2, 0.25) is 0 Å². The normalized spacial score (nSPS) is 10.7. The minimum atomic E-state index is -0.274. The third kappa shape index (κ3) is 5.10. The fourth-order valence-corrected chi connectivity index (χ4v) is 2.39. The molecule has 1 aromatic heterocycles. The van der Waals surface area contributed by atoms with Gasteiger partial charge in [0, 0.05) is 23.3 Å². The highest BCUT2D eigenvalue weighted by Gasteiger charge is 2.11. The Kier molecular flexibility index (Phi) is 5.76. The molecule has 0 bridgehead atoms. The second-order valence-electron chi connectivity index (χ2n) is 5.05. The number of anilines is 1. The standard InChI is InChI=1S/C17H17BrN2O3/c1-12-10-13(18)5-7-15(12)19-16(21)11-20(2)17(22)8-6-14-4-3-9-23-14/h3-10H,11H2,1-2H3,(H,19,21). The molecule has 0 unspecified atom stereocenters. The molecule has 2 rings (SSSR count). The van der Waals surface area contributed by atoms with Crippen molar-refractivity contribution in [3.8, 4) is 0 Å². The summed E-state index contributed by atoms with van der Waals surface area (Å²) in [5, 5.41) is 2.80. The Morgan fingerprint density at radius 3 is 2.78 bits per heavy atom. The van der Waals surface area contributed by atoms with Crippen LogP contribution in [0.4, 0.5) is 5.69 Å². The Morgan fingerprint density at radius 2 is 2.13 bits per heavy atom. The van der Waals surface area contributed by atoms with Gasteiger partial charge in [0.25, 0.3) is 0 Å². The van der Waals surface area contributed by atoms with E-state index in [0.717, 1.165) is 15.7 Å². The lowest BCUT2D eigenvalue weighted by Gasteiger charge is -2.15. The number of amides is 2. The number of rotatable bonds is 5. The molecule has 1 aromatic carbocycles. The molecule has 120 valence electrons. The summed E-state index contributed by atoms with van der Waals surface area (Å²) in [5.41, 5.74) is 1.67. The summed E-state index contributed by atoms with van der Waals surface area (Å²) >= 11 is 3.37. The van der Waals surface area contributed by atoms with Crippen molar-refractivity contribution in [1.29, 1.82) is 0 Å². The van der Waals surface area contributed by atoms with Gasteiger partial charge in [-0.05, 0) is 48.9 Å². The van der Waals surface area contributed by atoms with Crippen LogP contribution >= 0.6 is 15.9 Å². The van der Waals surface area contributed by atoms with Crippen LogP contribution in [0.15, 0.2) is 51.6 Å². The molecule has 5 nitrogen and oxygen atoms in total. The fourth-order valence-electron chi connectivity index (χ4n) is 1.92. The molecule has 0 aliphatic rings. The minimum absolute atomic E-state index is 0.0309. The number of aryl methyl sites for hydroxylation is 1. The second-order valence-corrected chi connectivity index (χ2v) is 5.97. The predicted molar refractivity (Wildman–Crippen MR) is 92.9 cm³/mol. The maximum atomic E-state index is 12.0. The third-order valence-electron chi connectivity index (χ3n) is 3.15. The zero-order valence-electron chi connectivity index (χ0n) is 12.9. The molecule has 0 fully saturated rings. The lowest BCUT2D eigenvalue weighted by atomic mass is 10.2. The summed E-state index contributed by atoms with van der Waals surface area (Å²) in [6.07, 6.45) is 4.47. The zero-order valence-corrected chi connectivity index (χ0v) is 14.5. The molecule has 2 amide bonds. The monoisotopic (exact) mass is 376 g/mol. The first-order valence-electron chi connectivity index (χ1n) is 6.98. The van der Waals surface area contributed by atoms with Gasteiger partial charge in [0.1, 0.15) is 5.76 Å². The van der Waals surface area contributed by atoms with Gasteiger partial charge in [-0.15, -0.1) is 0 Å². The first-order valence-corrected chi connectivity index (χ1v) is 7.77. The molecule has 23 heavy (non-hydrogen) atoms. The van der Waals surface area contributed by atoms with E-state index >= 15 is 0 Å². The number of carbonyl (C=O) groups excluding carboxylic acids is 2. The first-order chi connectivity index (χ1) is 11.0. The number of hydrogen-bond acceptors (Lipinski definition) is 3. The Morgan fingerprint density at radius 1 is 1.35 bits per heavy atom. The number of halogens is 1. The first kappa shape index (κ1) is 17.0. The maximum absolute atomic E-state index is 12.0. The van der Waals surface area contributed by atoms with Crippen molar-refractivity contribution < 1.29 is 14.0 Å².